The minimum atomic E-state index is -0.688. The standard InChI is InChI=1S/C19H16ClFN2O2/c1-25-19(24)13-4-2-3-12(18(13)21)10-23-16-8-7-15(20)17(11-5-6-11)14(16)9-22-23/h2-4,7-9,11H,5-6,10H2,1H3. The Kier molecular flexibility index (Phi) is 3.96. The number of carbonyl (C=O) groups is 1. The van der Waals surface area contributed by atoms with E-state index in [0.717, 1.165) is 34.3 Å². The Hall–Kier alpha value is -2.40. The molecule has 6 heteroatoms. The van der Waals surface area contributed by atoms with E-state index in [-0.39, 0.29) is 12.1 Å². The maximum atomic E-state index is 14.6. The highest BCUT2D eigenvalue weighted by Gasteiger charge is 2.28. The predicted octanol–water partition coefficient (Wildman–Crippen LogP) is 4.54. The second kappa shape index (κ2) is 6.15. The summed E-state index contributed by atoms with van der Waals surface area (Å²) in [5.74, 6) is -0.768. The van der Waals surface area contributed by atoms with Crippen LogP contribution in [0.25, 0.3) is 10.9 Å². The van der Waals surface area contributed by atoms with E-state index in [0.29, 0.717) is 11.5 Å². The maximum absolute atomic E-state index is 14.6. The Bertz CT molecular complexity index is 979. The van der Waals surface area contributed by atoms with E-state index >= 15 is 0 Å². The Morgan fingerprint density at radius 1 is 1.36 bits per heavy atom. The third kappa shape index (κ3) is 2.78. The quantitative estimate of drug-likeness (QED) is 0.643. The summed E-state index contributed by atoms with van der Waals surface area (Å²) in [6.07, 6.45) is 4.07. The molecular weight excluding hydrogens is 343 g/mol. The number of aromatic nitrogens is 2. The van der Waals surface area contributed by atoms with E-state index in [4.69, 9.17) is 11.6 Å². The lowest BCUT2D eigenvalue weighted by Crippen LogP contribution is -2.09. The van der Waals surface area contributed by atoms with Gasteiger partial charge in [-0.25, -0.2) is 9.18 Å². The highest BCUT2D eigenvalue weighted by molar-refractivity contribution is 6.32. The van der Waals surface area contributed by atoms with Crippen molar-refractivity contribution in [2.24, 2.45) is 0 Å². The van der Waals surface area contributed by atoms with Gasteiger partial charge < -0.3 is 4.74 Å². The number of halogens is 2. The molecule has 1 heterocycles. The Morgan fingerprint density at radius 2 is 2.16 bits per heavy atom. The lowest BCUT2D eigenvalue weighted by atomic mass is 10.1. The zero-order valence-electron chi connectivity index (χ0n) is 13.6. The second-order valence-electron chi connectivity index (χ2n) is 6.24. The van der Waals surface area contributed by atoms with E-state index in [1.54, 1.807) is 23.0 Å². The first-order chi connectivity index (χ1) is 12.1. The van der Waals surface area contributed by atoms with Crippen molar-refractivity contribution in [2.45, 2.75) is 25.3 Å². The molecule has 4 rings (SSSR count). The predicted molar refractivity (Wildman–Crippen MR) is 93.6 cm³/mol. The van der Waals surface area contributed by atoms with Gasteiger partial charge in [0.15, 0.2) is 0 Å². The highest BCUT2D eigenvalue weighted by Crippen LogP contribution is 2.46. The summed E-state index contributed by atoms with van der Waals surface area (Å²) in [4.78, 5) is 11.7. The van der Waals surface area contributed by atoms with Crippen LogP contribution in [-0.2, 0) is 11.3 Å². The molecule has 0 saturated heterocycles. The average Bonchev–Trinajstić information content (AvgIpc) is 3.37. The van der Waals surface area contributed by atoms with Gasteiger partial charge in [0, 0.05) is 16.0 Å². The fourth-order valence-electron chi connectivity index (χ4n) is 3.19. The SMILES string of the molecule is COC(=O)c1cccc(Cn2ncc3c(C4CC4)c(Cl)ccc32)c1F. The number of ether oxygens (including phenoxy) is 1. The topological polar surface area (TPSA) is 44.1 Å². The summed E-state index contributed by atoms with van der Waals surface area (Å²) < 4.78 is 21.0. The summed E-state index contributed by atoms with van der Waals surface area (Å²) in [5, 5.41) is 6.18. The van der Waals surface area contributed by atoms with Crippen molar-refractivity contribution >= 4 is 28.5 Å². The molecule has 1 fully saturated rings. The number of esters is 1. The lowest BCUT2D eigenvalue weighted by Gasteiger charge is -2.09. The van der Waals surface area contributed by atoms with Gasteiger partial charge in [-0.2, -0.15) is 5.10 Å². The Labute approximate surface area is 149 Å². The molecule has 0 N–H and O–H groups in total. The van der Waals surface area contributed by atoms with Crippen molar-refractivity contribution in [3.8, 4) is 0 Å². The maximum Gasteiger partial charge on any atom is 0.340 e. The number of hydrogen-bond acceptors (Lipinski definition) is 3. The third-order valence-electron chi connectivity index (χ3n) is 4.60. The van der Waals surface area contributed by atoms with Gasteiger partial charge in [0.2, 0.25) is 0 Å². The minimum Gasteiger partial charge on any atom is -0.465 e. The monoisotopic (exact) mass is 358 g/mol. The largest absolute Gasteiger partial charge is 0.465 e. The smallest absolute Gasteiger partial charge is 0.340 e. The molecular formula is C19H16ClFN2O2. The van der Waals surface area contributed by atoms with Crippen molar-refractivity contribution in [3.63, 3.8) is 0 Å². The van der Waals surface area contributed by atoms with E-state index in [2.05, 4.69) is 9.84 Å². The summed E-state index contributed by atoms with van der Waals surface area (Å²) in [5.41, 5.74) is 2.36. The van der Waals surface area contributed by atoms with Crippen LogP contribution in [0, 0.1) is 5.82 Å². The van der Waals surface area contributed by atoms with Crippen LogP contribution in [-0.4, -0.2) is 22.9 Å². The van der Waals surface area contributed by atoms with Gasteiger partial charge in [-0.3, -0.25) is 4.68 Å². The summed E-state index contributed by atoms with van der Waals surface area (Å²) in [6.45, 7) is 0.228. The molecule has 25 heavy (non-hydrogen) atoms. The molecule has 0 spiro atoms. The van der Waals surface area contributed by atoms with Crippen molar-refractivity contribution in [3.05, 3.63) is 64.1 Å². The van der Waals surface area contributed by atoms with Crippen molar-refractivity contribution in [1.29, 1.82) is 0 Å². The van der Waals surface area contributed by atoms with Crippen molar-refractivity contribution < 1.29 is 13.9 Å². The van der Waals surface area contributed by atoms with Crippen LogP contribution < -0.4 is 0 Å². The Balaban J connectivity index is 1.75. The van der Waals surface area contributed by atoms with E-state index in [1.807, 2.05) is 12.1 Å². The summed E-state index contributed by atoms with van der Waals surface area (Å²) in [6, 6.07) is 8.47. The van der Waals surface area contributed by atoms with Crippen LogP contribution in [0.15, 0.2) is 36.5 Å². The van der Waals surface area contributed by atoms with Crippen LogP contribution in [0.3, 0.4) is 0 Å². The molecule has 0 radical (unpaired) electrons. The molecule has 0 atom stereocenters. The van der Waals surface area contributed by atoms with Crippen molar-refractivity contribution in [2.75, 3.05) is 7.11 Å². The summed E-state index contributed by atoms with van der Waals surface area (Å²) in [7, 11) is 1.23. The number of methoxy groups -OCH3 is 1. The first kappa shape index (κ1) is 16.1. The molecule has 3 aromatic rings. The molecule has 1 aromatic heterocycles. The Morgan fingerprint density at radius 3 is 2.88 bits per heavy atom. The third-order valence-corrected chi connectivity index (χ3v) is 4.93. The van der Waals surface area contributed by atoms with Gasteiger partial charge in [-0.15, -0.1) is 0 Å². The van der Waals surface area contributed by atoms with Gasteiger partial charge in [0.05, 0.1) is 30.9 Å². The van der Waals surface area contributed by atoms with E-state index < -0.39 is 11.8 Å². The molecule has 4 nitrogen and oxygen atoms in total. The number of carbonyl (C=O) groups excluding carboxylic acids is 1. The molecule has 128 valence electrons. The fourth-order valence-corrected chi connectivity index (χ4v) is 3.51. The molecule has 0 unspecified atom stereocenters. The first-order valence-corrected chi connectivity index (χ1v) is 8.47. The molecule has 1 aliphatic rings. The van der Waals surface area contributed by atoms with Gasteiger partial charge in [0.1, 0.15) is 5.82 Å². The molecule has 0 bridgehead atoms. The van der Waals surface area contributed by atoms with Gasteiger partial charge in [-0.1, -0.05) is 23.7 Å². The number of fused-ring (bicyclic) bond motifs is 1. The van der Waals surface area contributed by atoms with Crippen LogP contribution in [0.4, 0.5) is 4.39 Å². The van der Waals surface area contributed by atoms with E-state index in [1.165, 1.54) is 13.2 Å². The van der Waals surface area contributed by atoms with Crippen LogP contribution in [0.1, 0.15) is 40.2 Å². The highest BCUT2D eigenvalue weighted by atomic mass is 35.5. The number of nitrogens with zero attached hydrogens (tertiary/aromatic N) is 2. The fraction of sp³-hybridized carbons (Fsp3) is 0.263. The number of benzene rings is 2. The van der Waals surface area contributed by atoms with Crippen molar-refractivity contribution in [1.82, 2.24) is 9.78 Å². The molecule has 2 aromatic carbocycles. The average molecular weight is 359 g/mol. The molecule has 1 aliphatic carbocycles. The first-order valence-electron chi connectivity index (χ1n) is 8.09. The minimum absolute atomic E-state index is 0.0711. The van der Waals surface area contributed by atoms with Crippen LogP contribution >= 0.6 is 11.6 Å². The molecule has 0 aliphatic heterocycles. The van der Waals surface area contributed by atoms with Crippen LogP contribution in [0.2, 0.25) is 5.02 Å². The lowest BCUT2D eigenvalue weighted by molar-refractivity contribution is 0.0595. The van der Waals surface area contributed by atoms with Crippen LogP contribution in [0.5, 0.6) is 0 Å². The number of rotatable bonds is 4. The van der Waals surface area contributed by atoms with Gasteiger partial charge in [-0.05, 0) is 42.5 Å². The summed E-state index contributed by atoms with van der Waals surface area (Å²) >= 11 is 6.36. The number of hydrogen-bond donors (Lipinski definition) is 0. The zero-order valence-corrected chi connectivity index (χ0v) is 14.4. The molecule has 0 amide bonds. The van der Waals surface area contributed by atoms with E-state index in [9.17, 15) is 9.18 Å². The van der Waals surface area contributed by atoms with Gasteiger partial charge >= 0.3 is 5.97 Å². The molecule has 1 saturated carbocycles. The normalized spacial score (nSPS) is 14.0. The van der Waals surface area contributed by atoms with Gasteiger partial charge in [0.25, 0.3) is 0 Å². The zero-order chi connectivity index (χ0) is 17.6. The second-order valence-corrected chi connectivity index (χ2v) is 6.65.